The van der Waals surface area contributed by atoms with E-state index in [1.807, 2.05) is 0 Å². The Kier molecular flexibility index (Phi) is 5.11. The maximum absolute atomic E-state index is 13.0. The number of benzene rings is 1. The summed E-state index contributed by atoms with van der Waals surface area (Å²) in [6.45, 7) is 0.0135. The van der Waals surface area contributed by atoms with E-state index < -0.39 is 41.2 Å². The summed E-state index contributed by atoms with van der Waals surface area (Å²) in [6, 6.07) is 3.22. The van der Waals surface area contributed by atoms with Crippen molar-refractivity contribution in [3.05, 3.63) is 39.4 Å². The molecule has 0 aliphatic rings. The highest BCUT2D eigenvalue weighted by Gasteiger charge is 2.77. The number of carbonyl (C=O) groups is 1. The fraction of sp³-hybridized carbons (Fsp3) is 0.417. The predicted octanol–water partition coefficient (Wildman–Crippen LogP) is 3.78. The van der Waals surface area contributed by atoms with Crippen molar-refractivity contribution in [2.45, 2.75) is 31.6 Å². The van der Waals surface area contributed by atoms with Gasteiger partial charge in [-0.3, -0.25) is 10.1 Å². The number of ether oxygens (including phenoxy) is 1. The van der Waals surface area contributed by atoms with Crippen LogP contribution in [-0.2, 0) is 16.1 Å². The van der Waals surface area contributed by atoms with Crippen LogP contribution in [0, 0.1) is 17.0 Å². The molecule has 0 aromatic heterocycles. The van der Waals surface area contributed by atoms with Gasteiger partial charge >= 0.3 is 24.0 Å². The maximum atomic E-state index is 13.0. The first-order chi connectivity index (χ1) is 10.7. The molecule has 0 radical (unpaired) electrons. The van der Waals surface area contributed by atoms with Crippen LogP contribution < -0.4 is 0 Å². The second kappa shape index (κ2) is 6.24. The maximum Gasteiger partial charge on any atom is 0.460 e. The molecule has 1 rings (SSSR count). The molecule has 0 spiro atoms. The summed E-state index contributed by atoms with van der Waals surface area (Å²) in [6.07, 6.45) is -6.67. The molecule has 1 aromatic carbocycles. The number of hydrogen-bond donors (Lipinski definition) is 0. The van der Waals surface area contributed by atoms with Crippen molar-refractivity contribution in [3.63, 3.8) is 0 Å². The van der Waals surface area contributed by atoms with Gasteiger partial charge in [0.2, 0.25) is 0 Å². The standard InChI is InChI=1S/C12H8F7NO4/c1-6-7(3-2-4-8(6)20(22)23)5-24-9(21)10(13,14)11(15,16)12(17,18)19/h2-4H,5H2,1H3. The topological polar surface area (TPSA) is 69.4 Å². The summed E-state index contributed by atoms with van der Waals surface area (Å²) in [4.78, 5) is 20.8. The normalized spacial score (nSPS) is 12.8. The van der Waals surface area contributed by atoms with Crippen LogP contribution in [0.3, 0.4) is 0 Å². The molecule has 0 heterocycles. The van der Waals surface area contributed by atoms with Gasteiger partial charge in [0.1, 0.15) is 6.61 Å². The van der Waals surface area contributed by atoms with Crippen LogP contribution in [0.4, 0.5) is 36.4 Å². The highest BCUT2D eigenvalue weighted by molar-refractivity contribution is 5.79. The summed E-state index contributed by atoms with van der Waals surface area (Å²) >= 11 is 0. The lowest BCUT2D eigenvalue weighted by molar-refractivity contribution is -0.385. The van der Waals surface area contributed by atoms with E-state index in [1.165, 1.54) is 0 Å². The van der Waals surface area contributed by atoms with E-state index in [2.05, 4.69) is 4.74 Å². The number of nitro benzene ring substituents is 1. The van der Waals surface area contributed by atoms with Gasteiger partial charge in [-0.05, 0) is 12.5 Å². The third-order valence-electron chi connectivity index (χ3n) is 2.98. The Morgan fingerprint density at radius 3 is 2.17 bits per heavy atom. The van der Waals surface area contributed by atoms with Crippen molar-refractivity contribution in [2.24, 2.45) is 0 Å². The van der Waals surface area contributed by atoms with Gasteiger partial charge in [-0.25, -0.2) is 4.79 Å². The first-order valence-corrected chi connectivity index (χ1v) is 5.96. The zero-order valence-electron chi connectivity index (χ0n) is 11.7. The third kappa shape index (κ3) is 3.41. The van der Waals surface area contributed by atoms with E-state index in [0.717, 1.165) is 25.1 Å². The van der Waals surface area contributed by atoms with E-state index >= 15 is 0 Å². The number of alkyl halides is 7. The molecule has 0 N–H and O–H groups in total. The molecule has 0 unspecified atom stereocenters. The largest absolute Gasteiger partial charge is 0.460 e. The Bertz CT molecular complexity index is 657. The van der Waals surface area contributed by atoms with Crippen molar-refractivity contribution >= 4 is 11.7 Å². The summed E-state index contributed by atoms with van der Waals surface area (Å²) < 4.78 is 91.1. The van der Waals surface area contributed by atoms with E-state index in [4.69, 9.17) is 0 Å². The van der Waals surface area contributed by atoms with E-state index in [0.29, 0.717) is 0 Å². The van der Waals surface area contributed by atoms with Gasteiger partial charge in [-0.1, -0.05) is 12.1 Å². The molecule has 12 heteroatoms. The smallest absolute Gasteiger partial charge is 0.456 e. The van der Waals surface area contributed by atoms with Gasteiger partial charge in [0.25, 0.3) is 5.69 Å². The molecule has 5 nitrogen and oxygen atoms in total. The van der Waals surface area contributed by atoms with E-state index in [-0.39, 0.29) is 11.1 Å². The first-order valence-electron chi connectivity index (χ1n) is 5.96. The molecule has 0 aliphatic heterocycles. The van der Waals surface area contributed by atoms with Gasteiger partial charge in [0.05, 0.1) is 4.92 Å². The number of nitrogens with zero attached hydrogens (tertiary/aromatic N) is 1. The van der Waals surface area contributed by atoms with Gasteiger partial charge in [-0.15, -0.1) is 0 Å². The minimum atomic E-state index is -6.67. The molecular weight excluding hydrogens is 355 g/mol. The lowest BCUT2D eigenvalue weighted by Gasteiger charge is -2.26. The van der Waals surface area contributed by atoms with Crippen LogP contribution in [0.5, 0.6) is 0 Å². The predicted molar refractivity (Wildman–Crippen MR) is 63.6 cm³/mol. The molecule has 0 saturated carbocycles. The summed E-state index contributed by atoms with van der Waals surface area (Å²) in [5.74, 6) is -15.9. The zero-order chi connectivity index (χ0) is 18.9. The SMILES string of the molecule is Cc1c(COC(=O)C(F)(F)C(F)(F)C(F)(F)F)cccc1[N+](=O)[O-]. The molecule has 0 bridgehead atoms. The molecular formula is C12H8F7NO4. The molecule has 0 saturated heterocycles. The fourth-order valence-electron chi connectivity index (χ4n) is 1.56. The Morgan fingerprint density at radius 2 is 1.71 bits per heavy atom. The minimum absolute atomic E-state index is 0.124. The minimum Gasteiger partial charge on any atom is -0.456 e. The second-order valence-electron chi connectivity index (χ2n) is 4.54. The summed E-state index contributed by atoms with van der Waals surface area (Å²) in [5, 5.41) is 10.7. The van der Waals surface area contributed by atoms with Crippen LogP contribution in [0.25, 0.3) is 0 Å². The molecule has 24 heavy (non-hydrogen) atoms. The van der Waals surface area contributed by atoms with Crippen molar-refractivity contribution in [3.8, 4) is 0 Å². The fourth-order valence-corrected chi connectivity index (χ4v) is 1.56. The number of carbonyl (C=O) groups excluding carboxylic acids is 1. The average Bonchev–Trinajstić information content (AvgIpc) is 2.43. The number of esters is 1. The second-order valence-corrected chi connectivity index (χ2v) is 4.54. The third-order valence-corrected chi connectivity index (χ3v) is 2.98. The van der Waals surface area contributed by atoms with Crippen LogP contribution in [-0.4, -0.2) is 28.9 Å². The van der Waals surface area contributed by atoms with Crippen LogP contribution in [0.1, 0.15) is 11.1 Å². The van der Waals surface area contributed by atoms with E-state index in [9.17, 15) is 45.6 Å². The number of nitro groups is 1. The van der Waals surface area contributed by atoms with Crippen molar-refractivity contribution in [1.29, 1.82) is 0 Å². The Labute approximate surface area is 129 Å². The molecule has 1 aromatic rings. The van der Waals surface area contributed by atoms with Crippen LogP contribution in [0.2, 0.25) is 0 Å². The quantitative estimate of drug-likeness (QED) is 0.346. The number of hydrogen-bond acceptors (Lipinski definition) is 4. The zero-order valence-corrected chi connectivity index (χ0v) is 11.7. The van der Waals surface area contributed by atoms with Crippen molar-refractivity contribution in [1.82, 2.24) is 0 Å². The number of rotatable bonds is 5. The summed E-state index contributed by atoms with van der Waals surface area (Å²) in [5.41, 5.74) is -0.805. The van der Waals surface area contributed by atoms with Crippen molar-refractivity contribution in [2.75, 3.05) is 0 Å². The van der Waals surface area contributed by atoms with Gasteiger partial charge < -0.3 is 4.74 Å². The highest BCUT2D eigenvalue weighted by Crippen LogP contribution is 2.47. The lowest BCUT2D eigenvalue weighted by Crippen LogP contribution is -2.56. The van der Waals surface area contributed by atoms with Gasteiger partial charge in [0.15, 0.2) is 0 Å². The van der Waals surface area contributed by atoms with Gasteiger partial charge in [0, 0.05) is 11.6 Å². The Balaban J connectivity index is 2.98. The molecule has 0 fully saturated rings. The molecule has 0 amide bonds. The lowest BCUT2D eigenvalue weighted by atomic mass is 10.1. The van der Waals surface area contributed by atoms with Crippen LogP contribution in [0.15, 0.2) is 18.2 Å². The Hall–Kier alpha value is -2.40. The van der Waals surface area contributed by atoms with Gasteiger partial charge in [-0.2, -0.15) is 30.7 Å². The molecule has 0 aliphatic carbocycles. The monoisotopic (exact) mass is 363 g/mol. The first kappa shape index (κ1) is 19.6. The number of halogens is 7. The Morgan fingerprint density at radius 1 is 1.17 bits per heavy atom. The summed E-state index contributed by atoms with van der Waals surface area (Å²) in [7, 11) is 0. The molecule has 134 valence electrons. The highest BCUT2D eigenvalue weighted by atomic mass is 19.4. The van der Waals surface area contributed by atoms with Crippen LogP contribution >= 0.6 is 0 Å². The van der Waals surface area contributed by atoms with E-state index in [1.54, 1.807) is 0 Å². The average molecular weight is 363 g/mol. The molecule has 0 atom stereocenters. The van der Waals surface area contributed by atoms with Crippen molar-refractivity contribution < 1.29 is 45.2 Å².